The maximum absolute atomic E-state index is 13.8. The number of halogens is 2. The zero-order valence-electron chi connectivity index (χ0n) is 23.9. The fourth-order valence-corrected chi connectivity index (χ4v) is 6.01. The second-order valence-corrected chi connectivity index (χ2v) is 12.7. The average molecular weight is 619 g/mol. The minimum atomic E-state index is -3.59. The van der Waals surface area contributed by atoms with Crippen molar-refractivity contribution < 1.29 is 18.0 Å². The van der Waals surface area contributed by atoms with E-state index in [0.717, 1.165) is 28.5 Å². The summed E-state index contributed by atoms with van der Waals surface area (Å²) >= 11 is 12.4. The van der Waals surface area contributed by atoms with Crippen LogP contribution < -0.4 is 9.62 Å². The molecule has 0 saturated heterocycles. The van der Waals surface area contributed by atoms with Gasteiger partial charge in [-0.2, -0.15) is 0 Å². The van der Waals surface area contributed by atoms with Gasteiger partial charge in [-0.25, -0.2) is 8.42 Å². The number of carbonyl (C=O) groups is 2. The minimum Gasteiger partial charge on any atom is -0.355 e. The van der Waals surface area contributed by atoms with Crippen LogP contribution in [0.2, 0.25) is 10.0 Å². The third-order valence-electron chi connectivity index (χ3n) is 6.96. The smallest absolute Gasteiger partial charge is 0.243 e. The van der Waals surface area contributed by atoms with Gasteiger partial charge in [-0.15, -0.1) is 0 Å². The van der Waals surface area contributed by atoms with Crippen LogP contribution >= 0.6 is 23.2 Å². The SMILES string of the molecule is CCNC(=O)[C@H](Cc1ccccc1)N(Cc1ccc(Cl)c(Cl)c1)C(=O)CCCN(c1cccc(C)c1C)S(C)(=O)=O. The van der Waals surface area contributed by atoms with Crippen molar-refractivity contribution in [1.82, 2.24) is 10.2 Å². The molecule has 0 bridgehead atoms. The van der Waals surface area contributed by atoms with Crippen LogP contribution in [0.15, 0.2) is 66.7 Å². The first kappa shape index (κ1) is 32.4. The van der Waals surface area contributed by atoms with Gasteiger partial charge in [0.2, 0.25) is 21.8 Å². The molecule has 0 saturated carbocycles. The minimum absolute atomic E-state index is 0.0445. The molecule has 0 spiro atoms. The molecule has 1 N–H and O–H groups in total. The lowest BCUT2D eigenvalue weighted by Gasteiger charge is -2.32. The molecule has 7 nitrogen and oxygen atoms in total. The number of benzene rings is 3. The predicted octanol–water partition coefficient (Wildman–Crippen LogP) is 5.93. The predicted molar refractivity (Wildman–Crippen MR) is 167 cm³/mol. The number of hydrogen-bond acceptors (Lipinski definition) is 4. The van der Waals surface area contributed by atoms with E-state index in [4.69, 9.17) is 23.2 Å². The molecule has 0 aliphatic rings. The third kappa shape index (κ3) is 8.96. The maximum Gasteiger partial charge on any atom is 0.243 e. The molecule has 0 aromatic heterocycles. The molecule has 220 valence electrons. The van der Waals surface area contributed by atoms with Crippen molar-refractivity contribution in [3.05, 3.63) is 99.0 Å². The topological polar surface area (TPSA) is 86.8 Å². The fourth-order valence-electron chi connectivity index (χ4n) is 4.67. The van der Waals surface area contributed by atoms with E-state index in [0.29, 0.717) is 28.7 Å². The summed E-state index contributed by atoms with van der Waals surface area (Å²) in [4.78, 5) is 28.7. The van der Waals surface area contributed by atoms with Crippen LogP contribution in [0.1, 0.15) is 42.0 Å². The van der Waals surface area contributed by atoms with E-state index in [-0.39, 0.29) is 37.7 Å². The summed E-state index contributed by atoms with van der Waals surface area (Å²) in [6.45, 7) is 6.32. The number of hydrogen-bond donors (Lipinski definition) is 1. The Kier molecular flexibility index (Phi) is 11.6. The Labute approximate surface area is 253 Å². The van der Waals surface area contributed by atoms with Gasteiger partial charge in [0.15, 0.2) is 0 Å². The summed E-state index contributed by atoms with van der Waals surface area (Å²) in [5.41, 5.74) is 4.07. The molecular formula is C31H37Cl2N3O4S. The first-order chi connectivity index (χ1) is 19.4. The number of amides is 2. The molecule has 2 amide bonds. The number of nitrogens with zero attached hydrogens (tertiary/aromatic N) is 2. The second kappa shape index (κ2) is 14.7. The highest BCUT2D eigenvalue weighted by Gasteiger charge is 2.30. The molecule has 0 aliphatic carbocycles. The van der Waals surface area contributed by atoms with Crippen molar-refractivity contribution in [2.75, 3.05) is 23.7 Å². The lowest BCUT2D eigenvalue weighted by Crippen LogP contribution is -2.50. The van der Waals surface area contributed by atoms with Crippen LogP contribution in [-0.2, 0) is 32.6 Å². The molecule has 3 aromatic rings. The Morgan fingerprint density at radius 2 is 1.63 bits per heavy atom. The highest BCUT2D eigenvalue weighted by molar-refractivity contribution is 7.92. The zero-order valence-corrected chi connectivity index (χ0v) is 26.2. The van der Waals surface area contributed by atoms with Crippen LogP contribution in [0.3, 0.4) is 0 Å². The van der Waals surface area contributed by atoms with Gasteiger partial charge < -0.3 is 10.2 Å². The number of anilines is 1. The van der Waals surface area contributed by atoms with Crippen LogP contribution in [0.5, 0.6) is 0 Å². The highest BCUT2D eigenvalue weighted by atomic mass is 35.5. The third-order valence-corrected chi connectivity index (χ3v) is 8.87. The maximum atomic E-state index is 13.8. The standard InChI is InChI=1S/C31H37Cl2N3O4S/c1-5-34-31(38)29(20-24-12-7-6-8-13-24)35(21-25-16-17-26(32)27(33)19-25)30(37)15-10-18-36(41(4,39)40)28-14-9-11-22(2)23(28)3/h6-9,11-14,16-17,19,29H,5,10,15,18,20-21H2,1-4H3,(H,34,38)/t29-/m0/s1. The monoisotopic (exact) mass is 617 g/mol. The molecule has 41 heavy (non-hydrogen) atoms. The van der Waals surface area contributed by atoms with Crippen molar-refractivity contribution in [3.63, 3.8) is 0 Å². The Morgan fingerprint density at radius 3 is 2.27 bits per heavy atom. The number of nitrogens with one attached hydrogen (secondary N) is 1. The molecule has 0 aliphatic heterocycles. The number of likely N-dealkylation sites (N-methyl/N-ethyl adjacent to an activating group) is 1. The van der Waals surface area contributed by atoms with E-state index in [2.05, 4.69) is 5.32 Å². The van der Waals surface area contributed by atoms with Crippen molar-refractivity contribution in [1.29, 1.82) is 0 Å². The Morgan fingerprint density at radius 1 is 0.927 bits per heavy atom. The van der Waals surface area contributed by atoms with Gasteiger partial charge in [0.1, 0.15) is 6.04 Å². The summed E-state index contributed by atoms with van der Waals surface area (Å²) < 4.78 is 26.8. The van der Waals surface area contributed by atoms with Crippen molar-refractivity contribution in [2.45, 2.75) is 52.6 Å². The summed E-state index contributed by atoms with van der Waals surface area (Å²) in [7, 11) is -3.59. The molecule has 1 atom stereocenters. The van der Waals surface area contributed by atoms with Crippen molar-refractivity contribution in [2.24, 2.45) is 0 Å². The Bertz CT molecular complexity index is 1470. The van der Waals surface area contributed by atoms with E-state index >= 15 is 0 Å². The molecule has 10 heteroatoms. The molecule has 0 fully saturated rings. The molecule has 0 radical (unpaired) electrons. The largest absolute Gasteiger partial charge is 0.355 e. The van der Waals surface area contributed by atoms with E-state index < -0.39 is 16.1 Å². The van der Waals surface area contributed by atoms with Crippen molar-refractivity contribution in [3.8, 4) is 0 Å². The summed E-state index contributed by atoms with van der Waals surface area (Å²) in [5.74, 6) is -0.532. The van der Waals surface area contributed by atoms with Crippen LogP contribution in [0.4, 0.5) is 5.69 Å². The van der Waals surface area contributed by atoms with Crippen LogP contribution in [0.25, 0.3) is 0 Å². The summed E-state index contributed by atoms with van der Waals surface area (Å²) in [6, 6.07) is 19.4. The highest BCUT2D eigenvalue weighted by Crippen LogP contribution is 2.27. The summed E-state index contributed by atoms with van der Waals surface area (Å²) in [5, 5.41) is 3.61. The van der Waals surface area contributed by atoms with Gasteiger partial charge in [0.05, 0.1) is 22.0 Å². The first-order valence-corrected chi connectivity index (χ1v) is 16.1. The van der Waals surface area contributed by atoms with Gasteiger partial charge in [-0.05, 0) is 67.6 Å². The lowest BCUT2D eigenvalue weighted by molar-refractivity contribution is -0.141. The Balaban J connectivity index is 1.90. The first-order valence-electron chi connectivity index (χ1n) is 13.5. The molecule has 0 unspecified atom stereocenters. The number of aryl methyl sites for hydroxylation is 1. The van der Waals surface area contributed by atoms with Gasteiger partial charge in [-0.1, -0.05) is 71.7 Å². The summed E-state index contributed by atoms with van der Waals surface area (Å²) in [6.07, 6.45) is 1.79. The van der Waals surface area contributed by atoms with Gasteiger partial charge in [0.25, 0.3) is 0 Å². The molecule has 3 rings (SSSR count). The van der Waals surface area contributed by atoms with E-state index in [9.17, 15) is 18.0 Å². The van der Waals surface area contributed by atoms with E-state index in [1.165, 1.54) is 4.31 Å². The van der Waals surface area contributed by atoms with Crippen LogP contribution in [-0.4, -0.2) is 50.5 Å². The molecular weight excluding hydrogens is 581 g/mol. The second-order valence-electron chi connectivity index (χ2n) is 10.0. The molecule has 0 heterocycles. The Hall–Kier alpha value is -3.07. The van der Waals surface area contributed by atoms with Gasteiger partial charge >= 0.3 is 0 Å². The van der Waals surface area contributed by atoms with Gasteiger partial charge in [0, 0.05) is 32.5 Å². The molecule has 3 aromatic carbocycles. The van der Waals surface area contributed by atoms with E-state index in [1.54, 1.807) is 29.2 Å². The van der Waals surface area contributed by atoms with E-state index in [1.807, 2.05) is 63.2 Å². The number of rotatable bonds is 13. The van der Waals surface area contributed by atoms with Crippen LogP contribution in [0, 0.1) is 13.8 Å². The quantitative estimate of drug-likeness (QED) is 0.257. The number of sulfonamides is 1. The van der Waals surface area contributed by atoms with Crippen molar-refractivity contribution >= 4 is 50.7 Å². The zero-order chi connectivity index (χ0) is 30.2. The number of carbonyl (C=O) groups excluding carboxylic acids is 2. The lowest BCUT2D eigenvalue weighted by atomic mass is 10.0. The average Bonchev–Trinajstić information content (AvgIpc) is 2.92. The normalized spacial score (nSPS) is 12.0. The fraction of sp³-hybridized carbons (Fsp3) is 0.355. The van der Waals surface area contributed by atoms with Gasteiger partial charge in [-0.3, -0.25) is 13.9 Å².